The van der Waals surface area contributed by atoms with Gasteiger partial charge in [0.15, 0.2) is 6.10 Å². The van der Waals surface area contributed by atoms with Gasteiger partial charge < -0.3 is 24.5 Å². The number of carbonyl (C=O) groups is 3. The van der Waals surface area contributed by atoms with Gasteiger partial charge in [0.1, 0.15) is 11.6 Å². The van der Waals surface area contributed by atoms with E-state index in [0.29, 0.717) is 28.1 Å². The smallest absolute Gasteiger partial charge is 0.338 e. The molecule has 0 saturated heterocycles. The zero-order valence-electron chi connectivity index (χ0n) is 20.0. The number of amides is 1. The average Bonchev–Trinajstić information content (AvgIpc) is 3.32. The predicted molar refractivity (Wildman–Crippen MR) is 134 cm³/mol. The summed E-state index contributed by atoms with van der Waals surface area (Å²) in [5, 5.41) is 2.66. The number of methoxy groups -OCH3 is 1. The summed E-state index contributed by atoms with van der Waals surface area (Å²) in [6.45, 7) is 3.48. The molecule has 0 bridgehead atoms. The standard InChI is InChI=1S/C27H25N3O6/c1-4-35-26(32)18-5-10-20(11-6-18)28-25(31)16(2)36-27(33)19-9-14-22-23(15-19)30-24(29-22)17-7-12-21(34-3)13-8-17/h5-16H,4H2,1-3H3,(H,28,31)(H,29,30). The molecule has 1 unspecified atom stereocenters. The number of ether oxygens (including phenoxy) is 3. The van der Waals surface area contributed by atoms with Crippen molar-refractivity contribution >= 4 is 34.6 Å². The van der Waals surface area contributed by atoms with Gasteiger partial charge in [0.25, 0.3) is 5.91 Å². The van der Waals surface area contributed by atoms with Crippen LogP contribution in [0.25, 0.3) is 22.4 Å². The van der Waals surface area contributed by atoms with Crippen molar-refractivity contribution in [1.29, 1.82) is 0 Å². The van der Waals surface area contributed by atoms with E-state index in [1.807, 2.05) is 24.3 Å². The Morgan fingerprint density at radius 2 is 1.64 bits per heavy atom. The first-order chi connectivity index (χ1) is 17.4. The lowest BCUT2D eigenvalue weighted by atomic mass is 10.2. The van der Waals surface area contributed by atoms with Crippen molar-refractivity contribution in [3.8, 4) is 17.1 Å². The minimum absolute atomic E-state index is 0.275. The molecule has 1 amide bonds. The highest BCUT2D eigenvalue weighted by atomic mass is 16.5. The van der Waals surface area contributed by atoms with E-state index in [2.05, 4.69) is 15.3 Å². The number of aromatic nitrogens is 2. The Labute approximate surface area is 207 Å². The van der Waals surface area contributed by atoms with Gasteiger partial charge in [-0.3, -0.25) is 4.79 Å². The van der Waals surface area contributed by atoms with E-state index < -0.39 is 23.9 Å². The van der Waals surface area contributed by atoms with Crippen LogP contribution in [0.5, 0.6) is 5.75 Å². The van der Waals surface area contributed by atoms with Crippen molar-refractivity contribution in [3.63, 3.8) is 0 Å². The average molecular weight is 488 g/mol. The van der Waals surface area contributed by atoms with Gasteiger partial charge in [-0.15, -0.1) is 0 Å². The molecular formula is C27H25N3O6. The number of nitrogens with zero attached hydrogens (tertiary/aromatic N) is 1. The molecule has 9 nitrogen and oxygen atoms in total. The zero-order valence-corrected chi connectivity index (χ0v) is 20.0. The topological polar surface area (TPSA) is 120 Å². The third kappa shape index (κ3) is 5.52. The van der Waals surface area contributed by atoms with Gasteiger partial charge in [-0.1, -0.05) is 0 Å². The molecule has 3 aromatic carbocycles. The van der Waals surface area contributed by atoms with Gasteiger partial charge in [-0.05, 0) is 80.6 Å². The molecule has 0 fully saturated rings. The number of imidazole rings is 1. The number of esters is 2. The monoisotopic (exact) mass is 487 g/mol. The van der Waals surface area contributed by atoms with Crippen LogP contribution in [0.2, 0.25) is 0 Å². The summed E-state index contributed by atoms with van der Waals surface area (Å²) in [7, 11) is 1.60. The van der Waals surface area contributed by atoms with Crippen molar-refractivity contribution < 1.29 is 28.6 Å². The van der Waals surface area contributed by atoms with E-state index >= 15 is 0 Å². The van der Waals surface area contributed by atoms with E-state index in [1.165, 1.54) is 6.92 Å². The van der Waals surface area contributed by atoms with Crippen molar-refractivity contribution in [2.45, 2.75) is 20.0 Å². The van der Waals surface area contributed by atoms with E-state index in [0.717, 1.165) is 11.3 Å². The van der Waals surface area contributed by atoms with Crippen LogP contribution in [0.3, 0.4) is 0 Å². The summed E-state index contributed by atoms with van der Waals surface area (Å²) < 4.78 is 15.5. The van der Waals surface area contributed by atoms with Crippen molar-refractivity contribution in [2.24, 2.45) is 0 Å². The number of fused-ring (bicyclic) bond motifs is 1. The van der Waals surface area contributed by atoms with E-state index in [4.69, 9.17) is 14.2 Å². The molecule has 1 atom stereocenters. The summed E-state index contributed by atoms with van der Waals surface area (Å²) in [4.78, 5) is 44.7. The van der Waals surface area contributed by atoms with Crippen LogP contribution < -0.4 is 10.1 Å². The molecule has 9 heteroatoms. The molecule has 0 aliphatic carbocycles. The van der Waals surface area contributed by atoms with Gasteiger partial charge in [0, 0.05) is 11.3 Å². The Hall–Kier alpha value is -4.66. The Balaban J connectivity index is 1.40. The maximum Gasteiger partial charge on any atom is 0.338 e. The minimum Gasteiger partial charge on any atom is -0.497 e. The molecule has 0 aliphatic rings. The van der Waals surface area contributed by atoms with Crippen LogP contribution in [0.4, 0.5) is 5.69 Å². The quantitative estimate of drug-likeness (QED) is 0.349. The summed E-state index contributed by atoms with van der Waals surface area (Å²) in [5.74, 6) is -0.191. The molecule has 0 saturated carbocycles. The molecule has 0 spiro atoms. The van der Waals surface area contributed by atoms with E-state index in [9.17, 15) is 14.4 Å². The number of benzene rings is 3. The van der Waals surface area contributed by atoms with Crippen LogP contribution >= 0.6 is 0 Å². The number of H-pyrrole nitrogens is 1. The highest BCUT2D eigenvalue weighted by Crippen LogP contribution is 2.24. The Morgan fingerprint density at radius 3 is 2.31 bits per heavy atom. The second kappa shape index (κ2) is 10.7. The number of hydrogen-bond acceptors (Lipinski definition) is 7. The Kier molecular flexibility index (Phi) is 7.29. The highest BCUT2D eigenvalue weighted by Gasteiger charge is 2.20. The number of rotatable bonds is 8. The van der Waals surface area contributed by atoms with E-state index in [-0.39, 0.29) is 12.2 Å². The molecule has 4 aromatic rings. The molecule has 0 aliphatic heterocycles. The van der Waals surface area contributed by atoms with Crippen LogP contribution in [0, 0.1) is 0 Å². The van der Waals surface area contributed by atoms with E-state index in [1.54, 1.807) is 56.5 Å². The third-order valence-electron chi connectivity index (χ3n) is 5.40. The fourth-order valence-electron chi connectivity index (χ4n) is 3.45. The fourth-order valence-corrected chi connectivity index (χ4v) is 3.45. The molecule has 1 heterocycles. The highest BCUT2D eigenvalue weighted by molar-refractivity contribution is 5.99. The first-order valence-corrected chi connectivity index (χ1v) is 11.3. The summed E-state index contributed by atoms with van der Waals surface area (Å²) in [5.41, 5.74) is 3.34. The van der Waals surface area contributed by atoms with Gasteiger partial charge in [0.05, 0.1) is 35.9 Å². The normalized spacial score (nSPS) is 11.5. The summed E-state index contributed by atoms with van der Waals surface area (Å²) in [6, 6.07) is 18.6. The number of carbonyl (C=O) groups excluding carboxylic acids is 3. The number of nitrogens with one attached hydrogen (secondary N) is 2. The maximum absolute atomic E-state index is 12.7. The number of anilines is 1. The molecular weight excluding hydrogens is 462 g/mol. The molecule has 1 aromatic heterocycles. The second-order valence-electron chi connectivity index (χ2n) is 7.88. The van der Waals surface area contributed by atoms with Gasteiger partial charge in [-0.2, -0.15) is 0 Å². The zero-order chi connectivity index (χ0) is 25.7. The summed E-state index contributed by atoms with van der Waals surface area (Å²) in [6.07, 6.45) is -1.05. The fraction of sp³-hybridized carbons (Fsp3) is 0.185. The third-order valence-corrected chi connectivity index (χ3v) is 5.40. The second-order valence-corrected chi connectivity index (χ2v) is 7.88. The van der Waals surface area contributed by atoms with Crippen LogP contribution in [-0.2, 0) is 14.3 Å². The van der Waals surface area contributed by atoms with Crippen LogP contribution in [-0.4, -0.2) is 47.6 Å². The molecule has 4 rings (SSSR count). The van der Waals surface area contributed by atoms with Crippen molar-refractivity contribution in [1.82, 2.24) is 9.97 Å². The first kappa shape index (κ1) is 24.5. The lowest BCUT2D eigenvalue weighted by molar-refractivity contribution is -0.123. The minimum atomic E-state index is -1.05. The first-order valence-electron chi connectivity index (χ1n) is 11.3. The van der Waals surface area contributed by atoms with Gasteiger partial charge in [0.2, 0.25) is 0 Å². The maximum atomic E-state index is 12.7. The molecule has 36 heavy (non-hydrogen) atoms. The van der Waals surface area contributed by atoms with Crippen molar-refractivity contribution in [3.05, 3.63) is 77.9 Å². The van der Waals surface area contributed by atoms with Crippen LogP contribution in [0.1, 0.15) is 34.6 Å². The molecule has 184 valence electrons. The SMILES string of the molecule is CCOC(=O)c1ccc(NC(=O)C(C)OC(=O)c2ccc3nc(-c4ccc(OC)cc4)[nH]c3c2)cc1. The van der Waals surface area contributed by atoms with Crippen molar-refractivity contribution in [2.75, 3.05) is 19.0 Å². The lowest BCUT2D eigenvalue weighted by Crippen LogP contribution is -2.30. The van der Waals surface area contributed by atoms with Gasteiger partial charge >= 0.3 is 11.9 Å². The van der Waals surface area contributed by atoms with Gasteiger partial charge in [-0.25, -0.2) is 14.6 Å². The number of aromatic amines is 1. The Bertz CT molecular complexity index is 1390. The predicted octanol–water partition coefficient (Wildman–Crippen LogP) is 4.60. The summed E-state index contributed by atoms with van der Waals surface area (Å²) >= 11 is 0. The number of hydrogen-bond donors (Lipinski definition) is 2. The van der Waals surface area contributed by atoms with Crippen LogP contribution in [0.15, 0.2) is 66.7 Å². The Morgan fingerprint density at radius 1 is 0.944 bits per heavy atom. The molecule has 0 radical (unpaired) electrons. The molecule has 2 N–H and O–H groups in total. The lowest BCUT2D eigenvalue weighted by Gasteiger charge is -2.14. The largest absolute Gasteiger partial charge is 0.497 e.